The van der Waals surface area contributed by atoms with E-state index in [0.717, 1.165) is 26.6 Å². The molecule has 116 valence electrons. The van der Waals surface area contributed by atoms with E-state index in [9.17, 15) is 4.79 Å². The molecule has 24 heavy (non-hydrogen) atoms. The van der Waals surface area contributed by atoms with Crippen LogP contribution in [0.5, 0.6) is 0 Å². The van der Waals surface area contributed by atoms with Crippen LogP contribution in [-0.2, 0) is 4.79 Å². The van der Waals surface area contributed by atoms with Crippen molar-refractivity contribution in [3.8, 4) is 0 Å². The van der Waals surface area contributed by atoms with E-state index < -0.39 is 0 Å². The van der Waals surface area contributed by atoms with Gasteiger partial charge in [0.05, 0.1) is 5.69 Å². The van der Waals surface area contributed by atoms with Gasteiger partial charge in [-0.3, -0.25) is 4.79 Å². The van der Waals surface area contributed by atoms with Crippen LogP contribution in [0.2, 0.25) is 0 Å². The van der Waals surface area contributed by atoms with Gasteiger partial charge in [0, 0.05) is 5.39 Å². The van der Waals surface area contributed by atoms with Crippen LogP contribution in [0.1, 0.15) is 0 Å². The minimum atomic E-state index is -0.332. The van der Waals surface area contributed by atoms with Crippen molar-refractivity contribution in [2.45, 2.75) is 0 Å². The van der Waals surface area contributed by atoms with Crippen molar-refractivity contribution < 1.29 is 4.79 Å². The first-order chi connectivity index (χ1) is 11.7. The van der Waals surface area contributed by atoms with Crippen molar-refractivity contribution in [2.75, 3.05) is 5.01 Å². The highest BCUT2D eigenvalue weighted by molar-refractivity contribution is 6.16. The molecule has 0 aliphatic heterocycles. The van der Waals surface area contributed by atoms with Crippen LogP contribution in [0.15, 0.2) is 79.4 Å². The Hall–Kier alpha value is -3.17. The first kappa shape index (κ1) is 14.4. The van der Waals surface area contributed by atoms with Crippen molar-refractivity contribution in [2.24, 2.45) is 5.84 Å². The number of nitrogens with zero attached hydrogens (tertiary/aromatic N) is 1. The maximum atomic E-state index is 11.9. The summed E-state index contributed by atoms with van der Waals surface area (Å²) in [6, 6.07) is 22.6. The fourth-order valence-corrected chi connectivity index (χ4v) is 3.19. The van der Waals surface area contributed by atoms with Crippen molar-refractivity contribution in [3.05, 3.63) is 79.4 Å². The van der Waals surface area contributed by atoms with E-state index in [0.29, 0.717) is 5.69 Å². The van der Waals surface area contributed by atoms with Gasteiger partial charge in [0.2, 0.25) is 0 Å². The first-order valence-corrected chi connectivity index (χ1v) is 7.74. The maximum absolute atomic E-state index is 11.9. The number of benzene rings is 4. The molecule has 0 heterocycles. The third-order valence-corrected chi connectivity index (χ3v) is 4.39. The summed E-state index contributed by atoms with van der Waals surface area (Å²) in [7, 11) is 0. The minimum absolute atomic E-state index is 0.332. The molecule has 0 unspecified atom stereocenters. The number of hydrogen-bond donors (Lipinski definition) is 1. The summed E-state index contributed by atoms with van der Waals surface area (Å²) in [6.07, 6.45) is 1.22. The van der Waals surface area contributed by atoms with E-state index in [2.05, 4.69) is 43.0 Å². The third kappa shape index (κ3) is 2.14. The van der Waals surface area contributed by atoms with E-state index in [4.69, 9.17) is 5.84 Å². The molecule has 0 saturated heterocycles. The summed E-state index contributed by atoms with van der Waals surface area (Å²) in [4.78, 5) is 11.9. The number of amides is 1. The second kappa shape index (κ2) is 5.48. The molecule has 4 aromatic carbocycles. The van der Waals surface area contributed by atoms with Crippen LogP contribution in [0.4, 0.5) is 5.69 Å². The Morgan fingerprint density at radius 1 is 0.833 bits per heavy atom. The lowest BCUT2D eigenvalue weighted by Crippen LogP contribution is -2.36. The van der Waals surface area contributed by atoms with Gasteiger partial charge in [-0.15, -0.1) is 0 Å². The molecular weight excluding hydrogens is 296 g/mol. The average Bonchev–Trinajstić information content (AvgIpc) is 2.64. The summed E-state index contributed by atoms with van der Waals surface area (Å²) < 4.78 is 0. The topological polar surface area (TPSA) is 46.3 Å². The van der Waals surface area contributed by atoms with Gasteiger partial charge >= 0.3 is 0 Å². The van der Waals surface area contributed by atoms with Crippen molar-refractivity contribution >= 4 is 43.9 Å². The molecule has 0 aromatic heterocycles. The molecule has 0 saturated carbocycles. The Kier molecular flexibility index (Phi) is 3.29. The SMILES string of the molecule is C=CC(=O)N(N)c1cccc2c1ccc1cc3ccccc3cc12. The van der Waals surface area contributed by atoms with Gasteiger partial charge in [0.15, 0.2) is 0 Å². The predicted molar refractivity (Wildman–Crippen MR) is 101 cm³/mol. The van der Waals surface area contributed by atoms with Crippen molar-refractivity contribution in [3.63, 3.8) is 0 Å². The zero-order valence-corrected chi connectivity index (χ0v) is 13.1. The normalized spacial score (nSPS) is 11.0. The van der Waals surface area contributed by atoms with Gasteiger partial charge in [-0.05, 0) is 51.2 Å². The zero-order valence-electron chi connectivity index (χ0n) is 13.1. The van der Waals surface area contributed by atoms with Gasteiger partial charge in [-0.2, -0.15) is 0 Å². The molecule has 3 heteroatoms. The molecule has 0 atom stereocenters. The standard InChI is InChI=1S/C21H16N2O/c1-2-21(24)23(22)20-9-5-8-17-18(20)11-10-16-12-14-6-3-4-7-15(14)13-19(16)17/h2-13H,1,22H2. The number of hydrogen-bond acceptors (Lipinski definition) is 2. The smallest absolute Gasteiger partial charge is 0.264 e. The third-order valence-electron chi connectivity index (χ3n) is 4.39. The van der Waals surface area contributed by atoms with E-state index in [1.54, 1.807) is 0 Å². The fourth-order valence-electron chi connectivity index (χ4n) is 3.19. The summed E-state index contributed by atoms with van der Waals surface area (Å²) in [5, 5.41) is 7.87. The molecule has 3 nitrogen and oxygen atoms in total. The Bertz CT molecular complexity index is 1110. The van der Waals surface area contributed by atoms with Crippen molar-refractivity contribution in [1.29, 1.82) is 0 Å². The number of rotatable bonds is 2. The molecule has 4 aromatic rings. The first-order valence-electron chi connectivity index (χ1n) is 7.74. The Morgan fingerprint density at radius 2 is 1.58 bits per heavy atom. The van der Waals surface area contributed by atoms with Crippen LogP contribution < -0.4 is 10.9 Å². The van der Waals surface area contributed by atoms with E-state index in [-0.39, 0.29) is 5.91 Å². The number of carbonyl (C=O) groups excluding carboxylic acids is 1. The Balaban J connectivity index is 2.06. The zero-order chi connectivity index (χ0) is 16.7. The molecular formula is C21H16N2O. The lowest BCUT2D eigenvalue weighted by molar-refractivity contribution is -0.114. The average molecular weight is 312 g/mol. The summed E-state index contributed by atoms with van der Waals surface area (Å²) in [6.45, 7) is 3.50. The second-order valence-corrected chi connectivity index (χ2v) is 5.77. The molecule has 0 fully saturated rings. The van der Waals surface area contributed by atoms with Crippen LogP contribution >= 0.6 is 0 Å². The van der Waals surface area contributed by atoms with E-state index in [1.807, 2.05) is 30.3 Å². The van der Waals surface area contributed by atoms with Gasteiger partial charge in [-0.1, -0.05) is 55.1 Å². The highest BCUT2D eigenvalue weighted by Crippen LogP contribution is 2.33. The molecule has 0 bridgehead atoms. The number of fused-ring (bicyclic) bond motifs is 4. The van der Waals surface area contributed by atoms with E-state index >= 15 is 0 Å². The van der Waals surface area contributed by atoms with Gasteiger partial charge < -0.3 is 0 Å². The minimum Gasteiger partial charge on any atom is -0.268 e. The largest absolute Gasteiger partial charge is 0.268 e. The molecule has 0 aliphatic rings. The number of hydrazine groups is 1. The predicted octanol–water partition coefficient (Wildman–Crippen LogP) is 4.54. The summed E-state index contributed by atoms with van der Waals surface area (Å²) >= 11 is 0. The highest BCUT2D eigenvalue weighted by Gasteiger charge is 2.13. The number of anilines is 1. The molecule has 0 radical (unpaired) electrons. The van der Waals surface area contributed by atoms with Crippen LogP contribution in [0.25, 0.3) is 32.3 Å². The molecule has 0 aliphatic carbocycles. The van der Waals surface area contributed by atoms with Crippen LogP contribution in [-0.4, -0.2) is 5.91 Å². The van der Waals surface area contributed by atoms with Crippen LogP contribution in [0, 0.1) is 0 Å². The molecule has 2 N–H and O–H groups in total. The second-order valence-electron chi connectivity index (χ2n) is 5.77. The lowest BCUT2D eigenvalue weighted by atomic mass is 9.97. The van der Waals surface area contributed by atoms with Gasteiger partial charge in [0.25, 0.3) is 5.91 Å². The van der Waals surface area contributed by atoms with Gasteiger partial charge in [0.1, 0.15) is 0 Å². The maximum Gasteiger partial charge on any atom is 0.264 e. The fraction of sp³-hybridized carbons (Fsp3) is 0. The Labute approximate surface area is 139 Å². The molecule has 0 spiro atoms. The van der Waals surface area contributed by atoms with Crippen molar-refractivity contribution in [1.82, 2.24) is 0 Å². The number of nitrogens with two attached hydrogens (primary N) is 1. The monoisotopic (exact) mass is 312 g/mol. The summed E-state index contributed by atoms with van der Waals surface area (Å²) in [5.41, 5.74) is 0.674. The molecule has 4 rings (SSSR count). The molecule has 1 amide bonds. The lowest BCUT2D eigenvalue weighted by Gasteiger charge is -2.18. The van der Waals surface area contributed by atoms with Gasteiger partial charge in [-0.25, -0.2) is 10.9 Å². The quantitative estimate of drug-likeness (QED) is 0.147. The Morgan fingerprint density at radius 3 is 2.33 bits per heavy atom. The van der Waals surface area contributed by atoms with Crippen LogP contribution in [0.3, 0.4) is 0 Å². The number of carbonyl (C=O) groups is 1. The van der Waals surface area contributed by atoms with E-state index in [1.165, 1.54) is 16.8 Å². The summed E-state index contributed by atoms with van der Waals surface area (Å²) in [5.74, 6) is 5.63. The highest BCUT2D eigenvalue weighted by atomic mass is 16.2.